The summed E-state index contributed by atoms with van der Waals surface area (Å²) in [5.74, 6) is 2.80. The van der Waals surface area contributed by atoms with Crippen molar-refractivity contribution < 1.29 is 15.3 Å². The average molecular weight is 463 g/mol. The molecule has 4 aliphatic rings. The summed E-state index contributed by atoms with van der Waals surface area (Å²) in [4.78, 5) is 0. The molecule has 3 nitrogen and oxygen atoms in total. The monoisotopic (exact) mass is 462 g/mol. The molecule has 3 N–H and O–H groups in total. The lowest BCUT2D eigenvalue weighted by atomic mass is 9.49. The van der Waals surface area contributed by atoms with E-state index in [9.17, 15) is 15.3 Å². The van der Waals surface area contributed by atoms with E-state index in [1.807, 2.05) is 0 Å². The fourth-order valence-electron chi connectivity index (χ4n) is 8.01. The molecule has 0 aromatic heterocycles. The summed E-state index contributed by atoms with van der Waals surface area (Å²) < 4.78 is 0. The molecule has 3 unspecified atom stereocenters. The van der Waals surface area contributed by atoms with E-state index in [0.29, 0.717) is 41.3 Å². The first-order chi connectivity index (χ1) is 15.1. The normalized spacial score (nSPS) is 42.4. The van der Waals surface area contributed by atoms with Crippen molar-refractivity contribution in [1.29, 1.82) is 0 Å². The van der Waals surface area contributed by atoms with Gasteiger partial charge in [0.2, 0.25) is 0 Å². The number of thioether (sulfide) groups is 1. The predicted octanol–water partition coefficient (Wildman–Crippen LogP) is 5.88. The zero-order valence-corrected chi connectivity index (χ0v) is 21.8. The topological polar surface area (TPSA) is 60.7 Å². The highest BCUT2D eigenvalue weighted by molar-refractivity contribution is 7.99. The second kappa shape index (κ2) is 9.06. The molecule has 0 heterocycles. The van der Waals surface area contributed by atoms with Crippen LogP contribution in [-0.4, -0.2) is 44.1 Å². The molecule has 0 aromatic carbocycles. The van der Waals surface area contributed by atoms with Crippen LogP contribution in [-0.2, 0) is 0 Å². The third-order valence-corrected chi connectivity index (χ3v) is 11.8. The predicted molar refractivity (Wildman–Crippen MR) is 135 cm³/mol. The second-order valence-electron chi connectivity index (χ2n) is 11.8. The van der Waals surface area contributed by atoms with Gasteiger partial charge < -0.3 is 15.3 Å². The summed E-state index contributed by atoms with van der Waals surface area (Å²) in [7, 11) is 0. The van der Waals surface area contributed by atoms with Crippen LogP contribution < -0.4 is 0 Å². The fraction of sp³-hybridized carbons (Fsp3) is 0.857. The van der Waals surface area contributed by atoms with Crippen LogP contribution in [0.5, 0.6) is 0 Å². The van der Waals surface area contributed by atoms with Crippen molar-refractivity contribution in [1.82, 2.24) is 0 Å². The van der Waals surface area contributed by atoms with Gasteiger partial charge in [-0.2, -0.15) is 11.8 Å². The zero-order valence-electron chi connectivity index (χ0n) is 20.9. The van der Waals surface area contributed by atoms with E-state index in [1.165, 1.54) is 24.8 Å². The summed E-state index contributed by atoms with van der Waals surface area (Å²) in [6.45, 7) is 11.4. The quantitative estimate of drug-likeness (QED) is 0.442. The fourth-order valence-corrected chi connectivity index (χ4v) is 9.56. The van der Waals surface area contributed by atoms with Crippen molar-refractivity contribution in [2.75, 3.05) is 5.75 Å². The Kier molecular flexibility index (Phi) is 7.03. The Morgan fingerprint density at radius 3 is 2.50 bits per heavy atom. The molecule has 0 amide bonds. The van der Waals surface area contributed by atoms with Crippen molar-refractivity contribution in [2.45, 2.75) is 115 Å². The minimum Gasteiger partial charge on any atom is -0.393 e. The zero-order chi connectivity index (χ0) is 23.3. The number of fused-ring (bicyclic) bond motifs is 5. The van der Waals surface area contributed by atoms with E-state index < -0.39 is 17.8 Å². The standard InChI is InChI=1S/C28H46O3S/c1-6-28(31,7-2)14-15-32-18(3)22-10-11-23-21-9-8-19-16-20(29)17-25(30)27(19,5)24(21)12-13-26(22,23)4/h8-9,18,20,22-25,29-31H,6-7,10-17H2,1-5H3/t18?,20?,22-,23+,24+,25?,26-,27+/m1/s1. The molecule has 4 aliphatic carbocycles. The molecule has 0 bridgehead atoms. The molecule has 0 spiro atoms. The number of rotatable bonds is 7. The van der Waals surface area contributed by atoms with Crippen molar-refractivity contribution in [3.05, 3.63) is 23.3 Å². The van der Waals surface area contributed by atoms with Crippen LogP contribution in [0.25, 0.3) is 0 Å². The smallest absolute Gasteiger partial charge is 0.0661 e. The van der Waals surface area contributed by atoms with Gasteiger partial charge in [0, 0.05) is 17.1 Å². The van der Waals surface area contributed by atoms with Crippen molar-refractivity contribution >= 4 is 11.8 Å². The molecule has 32 heavy (non-hydrogen) atoms. The van der Waals surface area contributed by atoms with Crippen LogP contribution in [0.3, 0.4) is 0 Å². The molecule has 0 aliphatic heterocycles. The molecule has 182 valence electrons. The van der Waals surface area contributed by atoms with Gasteiger partial charge in [-0.1, -0.05) is 57.9 Å². The first-order valence-electron chi connectivity index (χ1n) is 13.2. The van der Waals surface area contributed by atoms with Crippen molar-refractivity contribution in [3.63, 3.8) is 0 Å². The lowest BCUT2D eigenvalue weighted by Gasteiger charge is -2.56. The van der Waals surface area contributed by atoms with Crippen LogP contribution in [0.4, 0.5) is 0 Å². The summed E-state index contributed by atoms with van der Waals surface area (Å²) in [5.41, 5.74) is 2.49. The minimum absolute atomic E-state index is 0.201. The van der Waals surface area contributed by atoms with Gasteiger partial charge in [0.05, 0.1) is 17.8 Å². The molecule has 3 fully saturated rings. The van der Waals surface area contributed by atoms with E-state index in [0.717, 1.165) is 31.4 Å². The number of hydrogen-bond acceptors (Lipinski definition) is 4. The van der Waals surface area contributed by atoms with Crippen LogP contribution in [0.2, 0.25) is 0 Å². The average Bonchev–Trinajstić information content (AvgIpc) is 3.12. The van der Waals surface area contributed by atoms with E-state index in [4.69, 9.17) is 0 Å². The van der Waals surface area contributed by atoms with Crippen LogP contribution in [0, 0.1) is 28.6 Å². The molecule has 8 atom stereocenters. The van der Waals surface area contributed by atoms with Crippen LogP contribution in [0.15, 0.2) is 23.3 Å². The highest BCUT2D eigenvalue weighted by Crippen LogP contribution is 2.66. The Bertz CT molecular complexity index is 756. The highest BCUT2D eigenvalue weighted by atomic mass is 32.2. The molecular weight excluding hydrogens is 416 g/mol. The van der Waals surface area contributed by atoms with Crippen LogP contribution >= 0.6 is 11.8 Å². The molecule has 4 rings (SSSR count). The third-order valence-electron chi connectivity index (χ3n) is 10.6. The Balaban J connectivity index is 1.49. The van der Waals surface area contributed by atoms with Gasteiger partial charge in [0.1, 0.15) is 0 Å². The maximum absolute atomic E-state index is 11.1. The van der Waals surface area contributed by atoms with Crippen LogP contribution in [0.1, 0.15) is 92.4 Å². The second-order valence-corrected chi connectivity index (χ2v) is 13.3. The molecule has 3 saturated carbocycles. The van der Waals surface area contributed by atoms with Gasteiger partial charge in [-0.15, -0.1) is 0 Å². The Morgan fingerprint density at radius 1 is 1.09 bits per heavy atom. The Morgan fingerprint density at radius 2 is 1.81 bits per heavy atom. The van der Waals surface area contributed by atoms with Crippen molar-refractivity contribution in [2.24, 2.45) is 28.6 Å². The first-order valence-corrected chi connectivity index (χ1v) is 14.2. The first kappa shape index (κ1) is 24.8. The maximum atomic E-state index is 11.1. The summed E-state index contributed by atoms with van der Waals surface area (Å²) >= 11 is 2.07. The molecule has 0 saturated heterocycles. The number of aliphatic hydroxyl groups excluding tert-OH is 2. The highest BCUT2D eigenvalue weighted by Gasteiger charge is 2.58. The molecular formula is C28H46O3S. The Labute approximate surface area is 200 Å². The number of allylic oxidation sites excluding steroid dienone is 3. The number of hydrogen-bond donors (Lipinski definition) is 3. The van der Waals surface area contributed by atoms with Gasteiger partial charge in [-0.05, 0) is 80.3 Å². The SMILES string of the molecule is CCC(O)(CC)CCSC(C)[C@H]1CC[C@H]2C3=CC=C4CC(O)CC(O)[C@]4(C)[C@H]3CC[C@]12C. The molecule has 0 radical (unpaired) electrons. The summed E-state index contributed by atoms with van der Waals surface area (Å²) in [6, 6.07) is 0. The third kappa shape index (κ3) is 3.95. The Hall–Kier alpha value is -0.290. The van der Waals surface area contributed by atoms with E-state index in [-0.39, 0.29) is 5.41 Å². The van der Waals surface area contributed by atoms with Crippen molar-refractivity contribution in [3.8, 4) is 0 Å². The lowest BCUT2D eigenvalue weighted by Crippen LogP contribution is -2.52. The maximum Gasteiger partial charge on any atom is 0.0661 e. The van der Waals surface area contributed by atoms with E-state index in [1.54, 1.807) is 5.57 Å². The lowest BCUT2D eigenvalue weighted by molar-refractivity contribution is -0.0526. The molecule has 4 heteroatoms. The molecule has 0 aromatic rings. The van der Waals surface area contributed by atoms with Gasteiger partial charge in [0.25, 0.3) is 0 Å². The largest absolute Gasteiger partial charge is 0.393 e. The van der Waals surface area contributed by atoms with E-state index in [2.05, 4.69) is 58.5 Å². The van der Waals surface area contributed by atoms with Gasteiger partial charge in [-0.3, -0.25) is 0 Å². The van der Waals surface area contributed by atoms with Gasteiger partial charge >= 0.3 is 0 Å². The number of aliphatic hydroxyl groups is 3. The van der Waals surface area contributed by atoms with E-state index >= 15 is 0 Å². The summed E-state index contributed by atoms with van der Waals surface area (Å²) in [6.07, 6.45) is 12.5. The summed E-state index contributed by atoms with van der Waals surface area (Å²) in [5, 5.41) is 32.6. The van der Waals surface area contributed by atoms with Gasteiger partial charge in [-0.25, -0.2) is 0 Å². The minimum atomic E-state index is -0.492. The van der Waals surface area contributed by atoms with Gasteiger partial charge in [0.15, 0.2) is 0 Å².